The number of carbonyl (C=O) groups is 1. The Morgan fingerprint density at radius 2 is 1.90 bits per heavy atom. The quantitative estimate of drug-likeness (QED) is 0.888. The fourth-order valence-corrected chi connectivity index (χ4v) is 2.16. The van der Waals surface area contributed by atoms with E-state index in [-0.39, 0.29) is 11.6 Å². The van der Waals surface area contributed by atoms with E-state index >= 15 is 0 Å². The highest BCUT2D eigenvalue weighted by Crippen LogP contribution is 2.19. The average molecular weight is 307 g/mol. The Hall–Kier alpha value is -2.07. The normalized spacial score (nSPS) is 10.2. The van der Waals surface area contributed by atoms with Crippen LogP contribution in [0.25, 0.3) is 0 Å². The molecule has 2 N–H and O–H groups in total. The fraction of sp³-hybridized carbons (Fsp3) is 0.188. The third-order valence-corrected chi connectivity index (χ3v) is 3.37. The molecule has 0 spiro atoms. The molecule has 0 fully saturated rings. The van der Waals surface area contributed by atoms with Crippen molar-refractivity contribution in [3.63, 3.8) is 0 Å². The lowest BCUT2D eigenvalue weighted by Crippen LogP contribution is -2.26. The van der Waals surface area contributed by atoms with Crippen molar-refractivity contribution in [2.24, 2.45) is 0 Å². The Morgan fingerprint density at radius 3 is 2.57 bits per heavy atom. The zero-order valence-electron chi connectivity index (χ0n) is 11.6. The van der Waals surface area contributed by atoms with Gasteiger partial charge in [-0.05, 0) is 36.2 Å². The molecule has 2 aromatic rings. The van der Waals surface area contributed by atoms with Crippen LogP contribution in [0.2, 0.25) is 5.02 Å². The largest absolute Gasteiger partial charge is 0.385 e. The fourth-order valence-electron chi connectivity index (χ4n) is 2.03. The highest BCUT2D eigenvalue weighted by Gasteiger charge is 2.13. The second-order valence-electron chi connectivity index (χ2n) is 4.54. The third-order valence-electron chi connectivity index (χ3n) is 3.12. The maximum absolute atomic E-state index is 13.6. The number of benzene rings is 2. The summed E-state index contributed by atoms with van der Waals surface area (Å²) in [7, 11) is 1.59. The Bertz CT molecular complexity index is 629. The van der Waals surface area contributed by atoms with Gasteiger partial charge in [0.05, 0.1) is 11.3 Å². The van der Waals surface area contributed by atoms with Crippen molar-refractivity contribution in [3.8, 4) is 0 Å². The molecular formula is C16H16ClFN2O. The first kappa shape index (κ1) is 15.3. The smallest absolute Gasteiger partial charge is 0.253 e. The number of halogens is 2. The first-order chi connectivity index (χ1) is 10.1. The van der Waals surface area contributed by atoms with Crippen molar-refractivity contribution in [3.05, 3.63) is 64.4 Å². The molecule has 0 atom stereocenters. The molecule has 1 amide bonds. The van der Waals surface area contributed by atoms with Crippen LogP contribution < -0.4 is 10.6 Å². The Kier molecular flexibility index (Phi) is 5.17. The summed E-state index contributed by atoms with van der Waals surface area (Å²) in [5, 5.41) is 6.18. The number of hydrogen-bond acceptors (Lipinski definition) is 2. The molecule has 3 nitrogen and oxygen atoms in total. The summed E-state index contributed by atoms with van der Waals surface area (Å²) < 4.78 is 13.6. The van der Waals surface area contributed by atoms with Crippen molar-refractivity contribution >= 4 is 23.2 Å². The van der Waals surface area contributed by atoms with Gasteiger partial charge in [0.1, 0.15) is 5.82 Å². The van der Waals surface area contributed by atoms with Crippen LogP contribution in [-0.2, 0) is 6.42 Å². The molecule has 0 unspecified atom stereocenters. The highest BCUT2D eigenvalue weighted by atomic mass is 35.5. The Balaban J connectivity index is 1.96. The van der Waals surface area contributed by atoms with Crippen LogP contribution in [0.15, 0.2) is 42.5 Å². The number of anilines is 1. The molecule has 0 saturated carbocycles. The summed E-state index contributed by atoms with van der Waals surface area (Å²) in [6.07, 6.45) is 0.688. The van der Waals surface area contributed by atoms with E-state index in [1.807, 2.05) is 24.3 Å². The second-order valence-corrected chi connectivity index (χ2v) is 4.98. The second kappa shape index (κ2) is 7.09. The van der Waals surface area contributed by atoms with Crippen LogP contribution in [0.5, 0.6) is 0 Å². The predicted octanol–water partition coefficient (Wildman–Crippen LogP) is 3.49. The SMILES string of the molecule is CNc1c(F)cccc1C(=O)NCCc1ccc(Cl)cc1. The van der Waals surface area contributed by atoms with Crippen LogP contribution in [-0.4, -0.2) is 19.5 Å². The maximum Gasteiger partial charge on any atom is 0.253 e. The van der Waals surface area contributed by atoms with E-state index < -0.39 is 5.82 Å². The summed E-state index contributed by atoms with van der Waals surface area (Å²) in [4.78, 5) is 12.1. The van der Waals surface area contributed by atoms with Gasteiger partial charge in [-0.15, -0.1) is 0 Å². The monoisotopic (exact) mass is 306 g/mol. The maximum atomic E-state index is 13.6. The van der Waals surface area contributed by atoms with Crippen LogP contribution in [0.1, 0.15) is 15.9 Å². The van der Waals surface area contributed by atoms with E-state index in [4.69, 9.17) is 11.6 Å². The lowest BCUT2D eigenvalue weighted by Gasteiger charge is -2.10. The molecule has 0 bridgehead atoms. The van der Waals surface area contributed by atoms with Gasteiger partial charge in [-0.3, -0.25) is 4.79 Å². The molecule has 0 saturated heterocycles. The molecule has 0 aliphatic heterocycles. The van der Waals surface area contributed by atoms with Crippen LogP contribution >= 0.6 is 11.6 Å². The molecule has 5 heteroatoms. The van der Waals surface area contributed by atoms with E-state index in [1.165, 1.54) is 12.1 Å². The van der Waals surface area contributed by atoms with Gasteiger partial charge < -0.3 is 10.6 Å². The number of carbonyl (C=O) groups excluding carboxylic acids is 1. The molecular weight excluding hydrogens is 291 g/mol. The molecule has 0 radical (unpaired) electrons. The first-order valence-corrected chi connectivity index (χ1v) is 6.98. The van der Waals surface area contributed by atoms with Crippen molar-refractivity contribution in [2.45, 2.75) is 6.42 Å². The van der Waals surface area contributed by atoms with E-state index in [9.17, 15) is 9.18 Å². The summed E-state index contributed by atoms with van der Waals surface area (Å²) in [5.74, 6) is -0.740. The Labute approximate surface area is 128 Å². The van der Waals surface area contributed by atoms with E-state index in [0.29, 0.717) is 23.6 Å². The number of nitrogens with one attached hydrogen (secondary N) is 2. The summed E-state index contributed by atoms with van der Waals surface area (Å²) >= 11 is 5.81. The molecule has 2 aromatic carbocycles. The zero-order chi connectivity index (χ0) is 15.2. The minimum absolute atomic E-state index is 0.210. The van der Waals surface area contributed by atoms with Crippen molar-refractivity contribution in [2.75, 3.05) is 18.9 Å². The molecule has 110 valence electrons. The zero-order valence-corrected chi connectivity index (χ0v) is 12.4. The lowest BCUT2D eigenvalue weighted by atomic mass is 10.1. The van der Waals surface area contributed by atoms with Crippen molar-refractivity contribution in [1.82, 2.24) is 5.32 Å². The lowest BCUT2D eigenvalue weighted by molar-refractivity contribution is 0.0954. The number of rotatable bonds is 5. The first-order valence-electron chi connectivity index (χ1n) is 6.60. The van der Waals surface area contributed by atoms with Crippen molar-refractivity contribution < 1.29 is 9.18 Å². The third kappa shape index (κ3) is 3.95. The van der Waals surface area contributed by atoms with Gasteiger partial charge in [0.15, 0.2) is 0 Å². The molecule has 21 heavy (non-hydrogen) atoms. The standard InChI is InChI=1S/C16H16ClFN2O/c1-19-15-13(3-2-4-14(15)18)16(21)20-10-9-11-5-7-12(17)8-6-11/h2-8,19H,9-10H2,1H3,(H,20,21). The minimum atomic E-state index is -0.442. The Morgan fingerprint density at radius 1 is 1.19 bits per heavy atom. The van der Waals surface area contributed by atoms with Gasteiger partial charge in [0.25, 0.3) is 5.91 Å². The number of amides is 1. The number of hydrogen-bond donors (Lipinski definition) is 2. The van der Waals surface area contributed by atoms with Gasteiger partial charge >= 0.3 is 0 Å². The van der Waals surface area contributed by atoms with Gasteiger partial charge in [0, 0.05) is 18.6 Å². The summed E-state index contributed by atoms with van der Waals surface area (Å²) in [5.41, 5.74) is 1.59. The molecule has 2 rings (SSSR count). The average Bonchev–Trinajstić information content (AvgIpc) is 2.49. The van der Waals surface area contributed by atoms with Crippen LogP contribution in [0.4, 0.5) is 10.1 Å². The van der Waals surface area contributed by atoms with Gasteiger partial charge in [-0.25, -0.2) is 4.39 Å². The van der Waals surface area contributed by atoms with Crippen LogP contribution in [0.3, 0.4) is 0 Å². The summed E-state index contributed by atoms with van der Waals surface area (Å²) in [6, 6.07) is 11.9. The van der Waals surface area contributed by atoms with Crippen LogP contribution in [0, 0.1) is 5.82 Å². The van der Waals surface area contributed by atoms with Gasteiger partial charge in [0.2, 0.25) is 0 Å². The topological polar surface area (TPSA) is 41.1 Å². The highest BCUT2D eigenvalue weighted by molar-refractivity contribution is 6.30. The van der Waals surface area contributed by atoms with E-state index in [2.05, 4.69) is 10.6 Å². The number of para-hydroxylation sites is 1. The molecule has 0 aliphatic carbocycles. The van der Waals surface area contributed by atoms with E-state index in [1.54, 1.807) is 13.1 Å². The molecule has 0 aliphatic rings. The molecule has 0 heterocycles. The predicted molar refractivity (Wildman–Crippen MR) is 83.4 cm³/mol. The molecule has 0 aromatic heterocycles. The summed E-state index contributed by atoms with van der Waals surface area (Å²) in [6.45, 7) is 0.472. The van der Waals surface area contributed by atoms with Gasteiger partial charge in [-0.2, -0.15) is 0 Å². The van der Waals surface area contributed by atoms with E-state index in [0.717, 1.165) is 5.56 Å². The minimum Gasteiger partial charge on any atom is -0.385 e. The van der Waals surface area contributed by atoms with Crippen molar-refractivity contribution in [1.29, 1.82) is 0 Å². The van der Waals surface area contributed by atoms with Gasteiger partial charge in [-0.1, -0.05) is 29.8 Å².